The van der Waals surface area contributed by atoms with Crippen molar-refractivity contribution in [1.82, 2.24) is 0 Å². The minimum Gasteiger partial charge on any atom is -0.394 e. The molecule has 3 aromatic rings. The van der Waals surface area contributed by atoms with E-state index in [-0.39, 0.29) is 5.54 Å². The zero-order chi connectivity index (χ0) is 18.1. The van der Waals surface area contributed by atoms with Gasteiger partial charge < -0.3 is 11.1 Å². The first-order valence-electron chi connectivity index (χ1n) is 9.41. The molecule has 0 fully saturated rings. The van der Waals surface area contributed by atoms with E-state index >= 15 is 0 Å². The molecule has 3 aliphatic carbocycles. The summed E-state index contributed by atoms with van der Waals surface area (Å²) in [5, 5.41) is 2.29. The molecule has 2 bridgehead atoms. The number of benzene rings is 3. The highest BCUT2D eigenvalue weighted by molar-refractivity contribution is 5.73. The van der Waals surface area contributed by atoms with E-state index in [0.29, 0.717) is 11.8 Å². The fraction of sp³-hybridized carbons (Fsp3) is 0.250. The van der Waals surface area contributed by atoms with E-state index in [1.54, 1.807) is 0 Å². The van der Waals surface area contributed by atoms with Gasteiger partial charge in [0.15, 0.2) is 5.69 Å². The molecule has 0 amide bonds. The lowest BCUT2D eigenvalue weighted by molar-refractivity contribution is -0.641. The third-order valence-corrected chi connectivity index (χ3v) is 5.74. The molecule has 0 radical (unpaired) electrons. The lowest BCUT2D eigenvalue weighted by Gasteiger charge is -2.42. The van der Waals surface area contributed by atoms with Crippen molar-refractivity contribution in [2.75, 3.05) is 5.73 Å². The summed E-state index contributed by atoms with van der Waals surface area (Å²) in [4.78, 5) is 0. The Bertz CT molecular complexity index is 979. The first-order chi connectivity index (χ1) is 12.4. The Morgan fingerprint density at radius 1 is 0.692 bits per heavy atom. The van der Waals surface area contributed by atoms with Gasteiger partial charge in [0, 0.05) is 17.9 Å². The van der Waals surface area contributed by atoms with E-state index in [9.17, 15) is 0 Å². The standard InChI is InChI=1S/C24H24N2/c1-24(2,3)26-21-13-19-18(12-20(21)25)22-14-8-4-6-10-16(14)23(19)17-11-7-5-9-15(17)22/h4-13,22-23,26H,25H2,1-3H3/p+1. The monoisotopic (exact) mass is 341 g/mol. The molecule has 6 rings (SSSR count). The van der Waals surface area contributed by atoms with Gasteiger partial charge in [0.2, 0.25) is 0 Å². The van der Waals surface area contributed by atoms with Crippen LogP contribution in [0.2, 0.25) is 0 Å². The molecular formula is C24H25N2+. The van der Waals surface area contributed by atoms with Crippen LogP contribution in [-0.4, -0.2) is 5.54 Å². The molecule has 0 atom stereocenters. The Morgan fingerprint density at radius 3 is 1.54 bits per heavy atom. The van der Waals surface area contributed by atoms with E-state index in [4.69, 9.17) is 5.73 Å². The molecule has 3 aromatic carbocycles. The van der Waals surface area contributed by atoms with Crippen LogP contribution in [0.4, 0.5) is 11.4 Å². The first kappa shape index (κ1) is 15.7. The lowest BCUT2D eigenvalue weighted by atomic mass is 9.61. The minimum atomic E-state index is 0.103. The van der Waals surface area contributed by atoms with Crippen molar-refractivity contribution < 1.29 is 5.32 Å². The van der Waals surface area contributed by atoms with Crippen LogP contribution in [0.25, 0.3) is 0 Å². The number of hydrogen-bond donors (Lipinski definition) is 2. The summed E-state index contributed by atoms with van der Waals surface area (Å²) in [6, 6.07) is 22.4. The van der Waals surface area contributed by atoms with Crippen molar-refractivity contribution in [2.24, 2.45) is 0 Å². The van der Waals surface area contributed by atoms with Crippen molar-refractivity contribution in [2.45, 2.75) is 38.1 Å². The molecule has 26 heavy (non-hydrogen) atoms. The van der Waals surface area contributed by atoms with E-state index in [2.05, 4.69) is 86.8 Å². The van der Waals surface area contributed by atoms with Gasteiger partial charge in [-0.3, -0.25) is 0 Å². The molecule has 3 aliphatic rings. The maximum absolute atomic E-state index is 6.49. The van der Waals surface area contributed by atoms with Crippen molar-refractivity contribution >= 4 is 11.4 Å². The van der Waals surface area contributed by atoms with Crippen LogP contribution in [-0.2, 0) is 0 Å². The molecule has 0 heterocycles. The Labute approximate surface area is 155 Å². The van der Waals surface area contributed by atoms with E-state index in [0.717, 1.165) is 5.69 Å². The van der Waals surface area contributed by atoms with Gasteiger partial charge in [-0.15, -0.1) is 0 Å². The van der Waals surface area contributed by atoms with Crippen LogP contribution in [0.15, 0.2) is 60.7 Å². The Kier molecular flexibility index (Phi) is 3.14. The number of nitrogens with two attached hydrogens (primary N) is 2. The quantitative estimate of drug-likeness (QED) is 0.440. The summed E-state index contributed by atoms with van der Waals surface area (Å²) < 4.78 is 0. The minimum absolute atomic E-state index is 0.103. The zero-order valence-corrected chi connectivity index (χ0v) is 15.6. The van der Waals surface area contributed by atoms with E-state index < -0.39 is 0 Å². The van der Waals surface area contributed by atoms with Gasteiger partial charge in [-0.25, -0.2) is 0 Å². The molecule has 2 heteroatoms. The van der Waals surface area contributed by atoms with Crippen molar-refractivity contribution in [3.63, 3.8) is 0 Å². The van der Waals surface area contributed by atoms with Crippen LogP contribution in [0.3, 0.4) is 0 Å². The number of hydrogen-bond acceptors (Lipinski definition) is 1. The van der Waals surface area contributed by atoms with Crippen LogP contribution < -0.4 is 11.1 Å². The summed E-state index contributed by atoms with van der Waals surface area (Å²) >= 11 is 0. The third kappa shape index (κ3) is 2.15. The van der Waals surface area contributed by atoms with Crippen LogP contribution in [0.5, 0.6) is 0 Å². The summed E-state index contributed by atoms with van der Waals surface area (Å²) in [6.07, 6.45) is 0. The number of rotatable bonds is 1. The smallest absolute Gasteiger partial charge is 0.153 e. The summed E-state index contributed by atoms with van der Waals surface area (Å²) in [5.74, 6) is 0.614. The molecule has 0 unspecified atom stereocenters. The van der Waals surface area contributed by atoms with E-state index in [1.165, 1.54) is 39.1 Å². The van der Waals surface area contributed by atoms with Gasteiger partial charge in [0.1, 0.15) is 0 Å². The SMILES string of the molecule is CC(C)(C)[NH2+]c1cc2c(cc1N)C1c3ccccc3C2c2ccccc21. The largest absolute Gasteiger partial charge is 0.394 e. The van der Waals surface area contributed by atoms with Crippen LogP contribution in [0.1, 0.15) is 66.0 Å². The maximum Gasteiger partial charge on any atom is 0.153 e. The summed E-state index contributed by atoms with van der Waals surface area (Å²) in [5.41, 5.74) is 17.3. The second kappa shape index (κ2) is 5.21. The second-order valence-corrected chi connectivity index (χ2v) is 8.74. The molecule has 2 nitrogen and oxygen atoms in total. The summed E-state index contributed by atoms with van der Waals surface area (Å²) in [6.45, 7) is 6.67. The second-order valence-electron chi connectivity index (χ2n) is 8.74. The molecule has 0 spiro atoms. The highest BCUT2D eigenvalue weighted by Gasteiger charge is 2.41. The first-order valence-corrected chi connectivity index (χ1v) is 9.41. The van der Waals surface area contributed by atoms with Gasteiger partial charge in [-0.1, -0.05) is 48.5 Å². The Hall–Kier alpha value is -2.58. The van der Waals surface area contributed by atoms with Crippen molar-refractivity contribution in [1.29, 1.82) is 0 Å². The zero-order valence-electron chi connectivity index (χ0n) is 15.6. The topological polar surface area (TPSA) is 42.6 Å². The molecule has 4 N–H and O–H groups in total. The number of anilines is 1. The Morgan fingerprint density at radius 2 is 1.12 bits per heavy atom. The third-order valence-electron chi connectivity index (χ3n) is 5.74. The average molecular weight is 341 g/mol. The van der Waals surface area contributed by atoms with Gasteiger partial charge in [0.05, 0.1) is 11.2 Å². The highest BCUT2D eigenvalue weighted by atomic mass is 15.0. The number of nitrogen functional groups attached to an aromatic ring is 1. The van der Waals surface area contributed by atoms with Gasteiger partial charge in [0.25, 0.3) is 0 Å². The molecule has 0 aromatic heterocycles. The molecule has 130 valence electrons. The predicted octanol–water partition coefficient (Wildman–Crippen LogP) is 4.25. The normalized spacial score (nSPS) is 19.7. The van der Waals surface area contributed by atoms with Crippen LogP contribution >= 0.6 is 0 Å². The molecular weight excluding hydrogens is 316 g/mol. The Balaban J connectivity index is 1.77. The van der Waals surface area contributed by atoms with Crippen molar-refractivity contribution in [3.05, 3.63) is 94.0 Å². The fourth-order valence-corrected chi connectivity index (χ4v) is 4.84. The predicted molar refractivity (Wildman–Crippen MR) is 107 cm³/mol. The van der Waals surface area contributed by atoms with E-state index in [1.807, 2.05) is 0 Å². The van der Waals surface area contributed by atoms with Crippen molar-refractivity contribution in [3.8, 4) is 0 Å². The highest BCUT2D eigenvalue weighted by Crippen LogP contribution is 2.56. The van der Waals surface area contributed by atoms with Gasteiger partial charge >= 0.3 is 0 Å². The molecule has 0 saturated carbocycles. The van der Waals surface area contributed by atoms with Crippen LogP contribution in [0, 0.1) is 0 Å². The maximum atomic E-state index is 6.49. The van der Waals surface area contributed by atoms with Gasteiger partial charge in [-0.05, 0) is 60.2 Å². The lowest BCUT2D eigenvalue weighted by Crippen LogP contribution is -2.89. The van der Waals surface area contributed by atoms with Gasteiger partial charge in [-0.2, -0.15) is 0 Å². The fourth-order valence-electron chi connectivity index (χ4n) is 4.84. The number of quaternary nitrogens is 1. The molecule has 0 aliphatic heterocycles. The summed E-state index contributed by atoms with van der Waals surface area (Å²) in [7, 11) is 0. The average Bonchev–Trinajstić information content (AvgIpc) is 2.61. The molecule has 0 saturated heterocycles.